The van der Waals surface area contributed by atoms with Crippen LogP contribution in [0.15, 0.2) is 0 Å². The maximum absolute atomic E-state index is 12.0. The molecule has 118 valence electrons. The number of esters is 1. The lowest BCUT2D eigenvalue weighted by Crippen LogP contribution is -2.51. The van der Waals surface area contributed by atoms with Gasteiger partial charge < -0.3 is 9.64 Å². The molecular weight excluding hydrogens is 252 g/mol. The van der Waals surface area contributed by atoms with Gasteiger partial charge in [-0.25, -0.2) is 0 Å². The van der Waals surface area contributed by atoms with Crippen LogP contribution in [0.3, 0.4) is 0 Å². The molecule has 1 rings (SSSR count). The molecule has 1 N–H and O–H groups in total. The van der Waals surface area contributed by atoms with Gasteiger partial charge in [0.25, 0.3) is 0 Å². The fourth-order valence-electron chi connectivity index (χ4n) is 2.43. The molecule has 1 saturated carbocycles. The molecule has 1 aliphatic rings. The van der Waals surface area contributed by atoms with Crippen LogP contribution in [0.2, 0.25) is 0 Å². The van der Waals surface area contributed by atoms with Gasteiger partial charge in [-0.15, -0.1) is 0 Å². The van der Waals surface area contributed by atoms with E-state index in [1.54, 1.807) is 0 Å². The van der Waals surface area contributed by atoms with Crippen LogP contribution in [-0.4, -0.2) is 49.7 Å². The van der Waals surface area contributed by atoms with E-state index in [9.17, 15) is 4.79 Å². The fraction of sp³-hybridized carbons (Fsp3) is 0.938. The fourth-order valence-corrected chi connectivity index (χ4v) is 2.43. The number of nitrogens with zero attached hydrogens (tertiary/aromatic N) is 1. The van der Waals surface area contributed by atoms with Gasteiger partial charge in [0.2, 0.25) is 0 Å². The lowest BCUT2D eigenvalue weighted by molar-refractivity contribution is -0.148. The quantitative estimate of drug-likeness (QED) is 0.626. The van der Waals surface area contributed by atoms with Gasteiger partial charge in [-0.1, -0.05) is 13.8 Å². The maximum Gasteiger partial charge on any atom is 0.325 e. The van der Waals surface area contributed by atoms with E-state index in [1.807, 2.05) is 6.92 Å². The number of rotatable bonds is 10. The van der Waals surface area contributed by atoms with Gasteiger partial charge in [-0.05, 0) is 65.1 Å². The maximum atomic E-state index is 12.0. The first-order valence-electron chi connectivity index (χ1n) is 7.92. The van der Waals surface area contributed by atoms with Gasteiger partial charge in [0.15, 0.2) is 0 Å². The van der Waals surface area contributed by atoms with Crippen LogP contribution in [0.5, 0.6) is 0 Å². The van der Waals surface area contributed by atoms with E-state index in [0.29, 0.717) is 6.04 Å². The first-order chi connectivity index (χ1) is 9.37. The van der Waals surface area contributed by atoms with Crippen molar-refractivity contribution in [3.63, 3.8) is 0 Å². The van der Waals surface area contributed by atoms with Crippen LogP contribution in [-0.2, 0) is 9.53 Å². The molecule has 1 atom stereocenters. The topological polar surface area (TPSA) is 41.6 Å². The Morgan fingerprint density at radius 2 is 2.05 bits per heavy atom. The molecule has 0 saturated heterocycles. The molecule has 1 unspecified atom stereocenters. The number of carbonyl (C=O) groups excluding carboxylic acids is 1. The molecule has 20 heavy (non-hydrogen) atoms. The molecule has 1 aliphatic carbocycles. The second kappa shape index (κ2) is 7.99. The molecule has 0 heterocycles. The standard InChI is InChI=1S/C16H32N2O2/c1-13(2)9-12-18(4)11-6-10-16(3,15(19)20-5)17-14-7-8-14/h13-14,17H,6-12H2,1-5H3. The first kappa shape index (κ1) is 17.4. The lowest BCUT2D eigenvalue weighted by Gasteiger charge is -2.29. The summed E-state index contributed by atoms with van der Waals surface area (Å²) in [5.74, 6) is 0.614. The van der Waals surface area contributed by atoms with E-state index in [4.69, 9.17) is 4.74 Å². The van der Waals surface area contributed by atoms with Crippen molar-refractivity contribution in [3.8, 4) is 0 Å². The van der Waals surface area contributed by atoms with Crippen molar-refractivity contribution < 1.29 is 9.53 Å². The zero-order valence-corrected chi connectivity index (χ0v) is 13.9. The third-order valence-corrected chi connectivity index (χ3v) is 4.04. The van der Waals surface area contributed by atoms with Crippen molar-refractivity contribution in [3.05, 3.63) is 0 Å². The highest BCUT2D eigenvalue weighted by Crippen LogP contribution is 2.25. The SMILES string of the molecule is COC(=O)C(C)(CCCN(C)CCC(C)C)NC1CC1. The summed E-state index contributed by atoms with van der Waals surface area (Å²) in [4.78, 5) is 14.3. The Hall–Kier alpha value is -0.610. The Balaban J connectivity index is 2.32. The van der Waals surface area contributed by atoms with E-state index in [0.717, 1.165) is 31.8 Å². The molecule has 4 heteroatoms. The molecule has 0 bridgehead atoms. The van der Waals surface area contributed by atoms with Gasteiger partial charge in [0.1, 0.15) is 5.54 Å². The smallest absolute Gasteiger partial charge is 0.325 e. The van der Waals surface area contributed by atoms with Crippen molar-refractivity contribution in [2.75, 3.05) is 27.2 Å². The minimum absolute atomic E-state index is 0.130. The Labute approximate surface area is 124 Å². The molecule has 0 radical (unpaired) electrons. The number of hydrogen-bond acceptors (Lipinski definition) is 4. The summed E-state index contributed by atoms with van der Waals surface area (Å²) in [6, 6.07) is 0.512. The van der Waals surface area contributed by atoms with Gasteiger partial charge >= 0.3 is 5.97 Å². The van der Waals surface area contributed by atoms with Crippen LogP contribution in [0.4, 0.5) is 0 Å². The Morgan fingerprint density at radius 3 is 2.55 bits per heavy atom. The molecule has 0 aromatic rings. The summed E-state index contributed by atoms with van der Waals surface area (Å²) in [6.45, 7) is 8.64. The van der Waals surface area contributed by atoms with Crippen molar-refractivity contribution in [1.29, 1.82) is 0 Å². The van der Waals surface area contributed by atoms with E-state index in [-0.39, 0.29) is 5.97 Å². The molecule has 0 aliphatic heterocycles. The molecule has 1 fully saturated rings. The third-order valence-electron chi connectivity index (χ3n) is 4.04. The molecule has 4 nitrogen and oxygen atoms in total. The van der Waals surface area contributed by atoms with Crippen LogP contribution in [0, 0.1) is 5.92 Å². The summed E-state index contributed by atoms with van der Waals surface area (Å²) in [5, 5.41) is 3.45. The van der Waals surface area contributed by atoms with Gasteiger partial charge in [0, 0.05) is 6.04 Å². The van der Waals surface area contributed by atoms with Crippen molar-refractivity contribution in [2.45, 2.75) is 64.5 Å². The van der Waals surface area contributed by atoms with Crippen molar-refractivity contribution >= 4 is 5.97 Å². The number of carbonyl (C=O) groups is 1. The Kier molecular flexibility index (Phi) is 6.96. The van der Waals surface area contributed by atoms with Crippen molar-refractivity contribution in [2.24, 2.45) is 5.92 Å². The zero-order chi connectivity index (χ0) is 15.2. The Morgan fingerprint density at radius 1 is 1.40 bits per heavy atom. The number of nitrogens with one attached hydrogen (secondary N) is 1. The van der Waals surface area contributed by atoms with Crippen LogP contribution >= 0.6 is 0 Å². The summed E-state index contributed by atoms with van der Waals surface area (Å²) in [6.07, 6.45) is 5.44. The lowest BCUT2D eigenvalue weighted by atomic mass is 9.95. The normalized spacial score (nSPS) is 18.4. The molecule has 0 aromatic heterocycles. The van der Waals surface area contributed by atoms with Gasteiger partial charge in [-0.2, -0.15) is 0 Å². The molecule has 0 spiro atoms. The Bertz CT molecular complexity index is 303. The molecular formula is C16H32N2O2. The average molecular weight is 284 g/mol. The van der Waals surface area contributed by atoms with E-state index >= 15 is 0 Å². The molecule has 0 amide bonds. The zero-order valence-electron chi connectivity index (χ0n) is 13.9. The average Bonchev–Trinajstić information content (AvgIpc) is 3.19. The largest absolute Gasteiger partial charge is 0.468 e. The highest BCUT2D eigenvalue weighted by atomic mass is 16.5. The second-order valence-electron chi connectivity index (χ2n) is 6.83. The molecule has 0 aromatic carbocycles. The third kappa shape index (κ3) is 6.23. The predicted molar refractivity (Wildman–Crippen MR) is 82.8 cm³/mol. The van der Waals surface area contributed by atoms with Gasteiger partial charge in [0.05, 0.1) is 7.11 Å². The highest BCUT2D eigenvalue weighted by molar-refractivity contribution is 5.80. The monoisotopic (exact) mass is 284 g/mol. The number of ether oxygens (including phenoxy) is 1. The van der Waals surface area contributed by atoms with Gasteiger partial charge in [-0.3, -0.25) is 10.1 Å². The minimum Gasteiger partial charge on any atom is -0.468 e. The van der Waals surface area contributed by atoms with E-state index < -0.39 is 5.54 Å². The van der Waals surface area contributed by atoms with E-state index in [1.165, 1.54) is 26.4 Å². The van der Waals surface area contributed by atoms with Crippen LogP contribution in [0.1, 0.15) is 52.9 Å². The summed E-state index contributed by atoms with van der Waals surface area (Å²) in [5.41, 5.74) is -0.519. The predicted octanol–water partition coefficient (Wildman–Crippen LogP) is 2.43. The highest BCUT2D eigenvalue weighted by Gasteiger charge is 2.38. The van der Waals surface area contributed by atoms with Crippen LogP contribution < -0.4 is 5.32 Å². The summed E-state index contributed by atoms with van der Waals surface area (Å²) >= 11 is 0. The van der Waals surface area contributed by atoms with E-state index in [2.05, 4.69) is 31.1 Å². The second-order valence-corrected chi connectivity index (χ2v) is 6.83. The summed E-state index contributed by atoms with van der Waals surface area (Å²) in [7, 11) is 3.64. The minimum atomic E-state index is -0.519. The van der Waals surface area contributed by atoms with Crippen molar-refractivity contribution in [1.82, 2.24) is 10.2 Å². The summed E-state index contributed by atoms with van der Waals surface area (Å²) < 4.78 is 4.97. The number of methoxy groups -OCH3 is 1. The first-order valence-corrected chi connectivity index (χ1v) is 7.92. The number of hydrogen-bond donors (Lipinski definition) is 1. The van der Waals surface area contributed by atoms with Crippen LogP contribution in [0.25, 0.3) is 0 Å².